The number of aromatic amines is 1. The first-order valence-corrected chi connectivity index (χ1v) is 6.80. The van der Waals surface area contributed by atoms with Crippen LogP contribution in [0.5, 0.6) is 0 Å². The highest BCUT2D eigenvalue weighted by Crippen LogP contribution is 2.33. The molecule has 2 aliphatic rings. The summed E-state index contributed by atoms with van der Waals surface area (Å²) in [5.74, 6) is 0.0187. The van der Waals surface area contributed by atoms with E-state index in [4.69, 9.17) is 9.47 Å². The van der Waals surface area contributed by atoms with Gasteiger partial charge >= 0.3 is 0 Å². The molecular formula is C14H15N3O3. The largest absolute Gasteiger partial charge is 0.347 e. The van der Waals surface area contributed by atoms with Crippen molar-refractivity contribution in [3.05, 3.63) is 46.0 Å². The molecule has 0 saturated carbocycles. The number of hydrogen-bond donors (Lipinski definition) is 1. The minimum atomic E-state index is -0.587. The second kappa shape index (κ2) is 4.29. The molecule has 1 aliphatic carbocycles. The summed E-state index contributed by atoms with van der Waals surface area (Å²) < 4.78 is 12.9. The van der Waals surface area contributed by atoms with Crippen molar-refractivity contribution in [2.45, 2.75) is 25.0 Å². The van der Waals surface area contributed by atoms with Gasteiger partial charge in [0.1, 0.15) is 0 Å². The Labute approximate surface area is 115 Å². The summed E-state index contributed by atoms with van der Waals surface area (Å²) in [6.07, 6.45) is 3.72. The fraction of sp³-hybridized carbons (Fsp3) is 0.429. The van der Waals surface area contributed by atoms with E-state index in [0.717, 1.165) is 24.1 Å². The van der Waals surface area contributed by atoms with E-state index in [2.05, 4.69) is 10.1 Å². The number of hydrogen-bond acceptors (Lipinski definition) is 4. The fourth-order valence-electron chi connectivity index (χ4n) is 2.97. The summed E-state index contributed by atoms with van der Waals surface area (Å²) in [5, 5.41) is 3.16. The van der Waals surface area contributed by atoms with Crippen LogP contribution in [0.1, 0.15) is 17.7 Å². The summed E-state index contributed by atoms with van der Waals surface area (Å²) in [6.45, 7) is 1.21. The fourth-order valence-corrected chi connectivity index (χ4v) is 2.97. The number of ether oxygens (including phenoxy) is 2. The average Bonchev–Trinajstić information content (AvgIpc) is 3.07. The molecule has 1 saturated heterocycles. The second-order valence-electron chi connectivity index (χ2n) is 5.18. The molecule has 2 aromatic heterocycles. The number of pyridine rings is 1. The predicted molar refractivity (Wildman–Crippen MR) is 70.8 cm³/mol. The smallest absolute Gasteiger partial charge is 0.276 e. The molecule has 1 N–H and O–H groups in total. The van der Waals surface area contributed by atoms with Crippen LogP contribution < -0.4 is 5.56 Å². The van der Waals surface area contributed by atoms with Crippen molar-refractivity contribution in [3.63, 3.8) is 0 Å². The van der Waals surface area contributed by atoms with Crippen LogP contribution in [0.25, 0.3) is 5.82 Å². The van der Waals surface area contributed by atoms with E-state index < -0.39 is 5.79 Å². The number of aryl methyl sites for hydroxylation is 1. The van der Waals surface area contributed by atoms with Crippen molar-refractivity contribution in [1.29, 1.82) is 0 Å². The van der Waals surface area contributed by atoms with Gasteiger partial charge in [-0.05, 0) is 18.6 Å². The minimum Gasteiger partial charge on any atom is -0.347 e. The van der Waals surface area contributed by atoms with Gasteiger partial charge in [0.2, 0.25) is 0 Å². The van der Waals surface area contributed by atoms with E-state index in [1.807, 2.05) is 18.2 Å². The Kier molecular flexibility index (Phi) is 2.55. The molecule has 20 heavy (non-hydrogen) atoms. The summed E-state index contributed by atoms with van der Waals surface area (Å²) in [6, 6.07) is 5.49. The third-order valence-corrected chi connectivity index (χ3v) is 3.97. The highest BCUT2D eigenvalue weighted by Gasteiger charge is 2.42. The van der Waals surface area contributed by atoms with E-state index in [-0.39, 0.29) is 5.56 Å². The Morgan fingerprint density at radius 2 is 2.15 bits per heavy atom. The van der Waals surface area contributed by atoms with Crippen LogP contribution in [0.15, 0.2) is 29.2 Å². The van der Waals surface area contributed by atoms with Crippen molar-refractivity contribution < 1.29 is 9.47 Å². The molecule has 1 spiro atoms. The zero-order valence-corrected chi connectivity index (χ0v) is 11.0. The lowest BCUT2D eigenvalue weighted by Crippen LogP contribution is -2.38. The Balaban J connectivity index is 1.77. The normalized spacial score (nSPS) is 20.2. The number of H-pyrrole nitrogens is 1. The van der Waals surface area contributed by atoms with Gasteiger partial charge in [0.05, 0.1) is 13.2 Å². The average molecular weight is 273 g/mol. The monoisotopic (exact) mass is 273 g/mol. The third-order valence-electron chi connectivity index (χ3n) is 3.97. The quantitative estimate of drug-likeness (QED) is 0.834. The summed E-state index contributed by atoms with van der Waals surface area (Å²) in [7, 11) is 0. The van der Waals surface area contributed by atoms with Gasteiger partial charge in [0.15, 0.2) is 11.6 Å². The van der Waals surface area contributed by atoms with Gasteiger partial charge in [-0.15, -0.1) is 0 Å². The molecule has 0 bridgehead atoms. The maximum Gasteiger partial charge on any atom is 0.276 e. The summed E-state index contributed by atoms with van der Waals surface area (Å²) in [5.41, 5.74) is 1.66. The van der Waals surface area contributed by atoms with Gasteiger partial charge in [-0.2, -0.15) is 0 Å². The SMILES string of the molecule is O=c1c2c([nH]n1-c1ccccn1)CCC1(C2)OCCO1. The highest BCUT2D eigenvalue weighted by molar-refractivity contribution is 5.29. The maximum atomic E-state index is 12.5. The molecule has 2 aromatic rings. The standard InChI is InChI=1S/C14H15N3O3/c18-13-10-9-14(19-7-8-20-14)5-4-11(10)16-17(13)12-3-1-2-6-15-12/h1-3,6,16H,4-5,7-9H2. The lowest BCUT2D eigenvalue weighted by atomic mass is 9.92. The van der Waals surface area contributed by atoms with Gasteiger partial charge < -0.3 is 9.47 Å². The van der Waals surface area contributed by atoms with Crippen LogP contribution in [0.2, 0.25) is 0 Å². The lowest BCUT2D eigenvalue weighted by molar-refractivity contribution is -0.164. The van der Waals surface area contributed by atoms with E-state index in [1.165, 1.54) is 4.68 Å². The maximum absolute atomic E-state index is 12.5. The lowest BCUT2D eigenvalue weighted by Gasteiger charge is -2.30. The number of rotatable bonds is 1. The van der Waals surface area contributed by atoms with Crippen LogP contribution >= 0.6 is 0 Å². The first-order valence-electron chi connectivity index (χ1n) is 6.80. The Morgan fingerprint density at radius 1 is 1.30 bits per heavy atom. The second-order valence-corrected chi connectivity index (χ2v) is 5.18. The first kappa shape index (κ1) is 11.9. The van der Waals surface area contributed by atoms with Crippen molar-refractivity contribution in [1.82, 2.24) is 14.8 Å². The van der Waals surface area contributed by atoms with Crippen LogP contribution in [-0.2, 0) is 22.3 Å². The Hall–Kier alpha value is -1.92. The third kappa shape index (κ3) is 1.72. The Bertz CT molecular complexity index is 683. The van der Waals surface area contributed by atoms with Gasteiger partial charge in [-0.3, -0.25) is 9.89 Å². The highest BCUT2D eigenvalue weighted by atomic mass is 16.7. The van der Waals surface area contributed by atoms with E-state index in [1.54, 1.807) is 6.20 Å². The number of nitrogens with zero attached hydrogens (tertiary/aromatic N) is 2. The molecule has 0 atom stereocenters. The molecule has 0 radical (unpaired) electrons. The summed E-state index contributed by atoms with van der Waals surface area (Å²) in [4.78, 5) is 16.7. The van der Waals surface area contributed by atoms with E-state index in [0.29, 0.717) is 25.5 Å². The van der Waals surface area contributed by atoms with E-state index >= 15 is 0 Å². The molecule has 0 aromatic carbocycles. The van der Waals surface area contributed by atoms with Gasteiger partial charge in [0, 0.05) is 30.3 Å². The van der Waals surface area contributed by atoms with Crippen LogP contribution in [0.4, 0.5) is 0 Å². The van der Waals surface area contributed by atoms with Crippen molar-refractivity contribution in [3.8, 4) is 5.82 Å². The molecule has 6 heteroatoms. The van der Waals surface area contributed by atoms with Crippen molar-refractivity contribution in [2.24, 2.45) is 0 Å². The van der Waals surface area contributed by atoms with Crippen LogP contribution in [0, 0.1) is 0 Å². The van der Waals surface area contributed by atoms with Crippen molar-refractivity contribution in [2.75, 3.05) is 13.2 Å². The molecule has 0 amide bonds. The van der Waals surface area contributed by atoms with Gasteiger partial charge in [-0.1, -0.05) is 6.07 Å². The zero-order chi connectivity index (χ0) is 13.6. The van der Waals surface area contributed by atoms with Gasteiger partial charge in [-0.25, -0.2) is 9.67 Å². The molecule has 104 valence electrons. The minimum absolute atomic E-state index is 0.0584. The number of aromatic nitrogens is 3. The first-order chi connectivity index (χ1) is 9.77. The van der Waals surface area contributed by atoms with Crippen LogP contribution in [-0.4, -0.2) is 33.8 Å². The molecule has 0 unspecified atom stereocenters. The topological polar surface area (TPSA) is 69.1 Å². The van der Waals surface area contributed by atoms with E-state index in [9.17, 15) is 4.79 Å². The molecule has 1 aliphatic heterocycles. The number of nitrogens with one attached hydrogen (secondary N) is 1. The molecule has 4 rings (SSSR count). The van der Waals surface area contributed by atoms with Crippen LogP contribution in [0.3, 0.4) is 0 Å². The summed E-state index contributed by atoms with van der Waals surface area (Å²) >= 11 is 0. The molecule has 1 fully saturated rings. The number of fused-ring (bicyclic) bond motifs is 1. The van der Waals surface area contributed by atoms with Gasteiger partial charge in [0.25, 0.3) is 5.56 Å². The molecule has 3 heterocycles. The Morgan fingerprint density at radius 3 is 2.90 bits per heavy atom. The zero-order valence-electron chi connectivity index (χ0n) is 11.0. The molecular weight excluding hydrogens is 258 g/mol. The predicted octanol–water partition coefficient (Wildman–Crippen LogP) is 0.792. The molecule has 6 nitrogen and oxygen atoms in total. The van der Waals surface area contributed by atoms with Crippen molar-refractivity contribution >= 4 is 0 Å².